The van der Waals surface area contributed by atoms with Crippen LogP contribution in [0.2, 0.25) is 0 Å². The molecule has 0 bridgehead atoms. The summed E-state index contributed by atoms with van der Waals surface area (Å²) in [5.74, 6) is 0.443. The second-order valence-electron chi connectivity index (χ2n) is 5.08. The molecule has 3 N–H and O–H groups in total. The predicted octanol–water partition coefficient (Wildman–Crippen LogP) is 2.12. The molecule has 2 aromatic rings. The summed E-state index contributed by atoms with van der Waals surface area (Å²) in [6.07, 6.45) is 0. The minimum Gasteiger partial charge on any atom is -0.455 e. The van der Waals surface area contributed by atoms with Gasteiger partial charge in [-0.2, -0.15) is 4.72 Å². The highest BCUT2D eigenvalue weighted by Gasteiger charge is 2.24. The summed E-state index contributed by atoms with van der Waals surface area (Å²) in [6.45, 7) is 1.33. The number of fused-ring (bicyclic) bond motifs is 2. The maximum absolute atomic E-state index is 12.4. The molecule has 126 valence electrons. The van der Waals surface area contributed by atoms with E-state index in [0.29, 0.717) is 10.6 Å². The first kappa shape index (κ1) is 16.8. The summed E-state index contributed by atoms with van der Waals surface area (Å²) in [7, 11) is -3.92. The van der Waals surface area contributed by atoms with E-state index in [1.807, 2.05) is 24.3 Å². The number of ether oxygens (including phenoxy) is 1. The van der Waals surface area contributed by atoms with Gasteiger partial charge >= 0.3 is 0 Å². The van der Waals surface area contributed by atoms with Gasteiger partial charge < -0.3 is 4.74 Å². The van der Waals surface area contributed by atoms with E-state index >= 15 is 0 Å². The Balaban J connectivity index is 1.88. The fraction of sp³-hybridized carbons (Fsp3) is 0.133. The first-order valence-corrected chi connectivity index (χ1v) is 9.26. The van der Waals surface area contributed by atoms with Gasteiger partial charge in [-0.15, -0.1) is 0 Å². The minimum absolute atomic E-state index is 0.00863. The average molecular weight is 366 g/mol. The zero-order valence-electron chi connectivity index (χ0n) is 12.5. The lowest BCUT2D eigenvalue weighted by atomic mass is 10.3. The number of para-hydroxylation sites is 1. The van der Waals surface area contributed by atoms with E-state index in [0.717, 1.165) is 10.6 Å². The average Bonchev–Trinajstić information content (AvgIpc) is 2.58. The van der Waals surface area contributed by atoms with Crippen molar-refractivity contribution in [2.24, 2.45) is 0 Å². The van der Waals surface area contributed by atoms with Crippen LogP contribution in [0.15, 0.2) is 57.2 Å². The van der Waals surface area contributed by atoms with Gasteiger partial charge in [0.2, 0.25) is 10.0 Å². The van der Waals surface area contributed by atoms with Crippen molar-refractivity contribution in [3.63, 3.8) is 0 Å². The van der Waals surface area contributed by atoms with Crippen LogP contribution in [0.25, 0.3) is 0 Å². The molecule has 7 nitrogen and oxygen atoms in total. The molecule has 2 aromatic carbocycles. The van der Waals surface area contributed by atoms with Gasteiger partial charge in [-0.1, -0.05) is 23.9 Å². The Hall–Kier alpha value is -2.07. The van der Waals surface area contributed by atoms with Crippen molar-refractivity contribution < 1.29 is 23.2 Å². The van der Waals surface area contributed by atoms with Crippen LogP contribution in [-0.2, 0) is 14.8 Å². The molecule has 0 saturated carbocycles. The number of amides is 1. The van der Waals surface area contributed by atoms with Crippen LogP contribution < -0.4 is 14.9 Å². The number of carbonyl (C=O) groups is 1. The Labute approximate surface area is 143 Å². The van der Waals surface area contributed by atoms with Crippen molar-refractivity contribution >= 4 is 27.7 Å². The Bertz CT molecular complexity index is 898. The van der Waals surface area contributed by atoms with Crippen LogP contribution in [0, 0.1) is 0 Å². The van der Waals surface area contributed by atoms with Crippen LogP contribution in [0.1, 0.15) is 6.92 Å². The molecule has 0 saturated heterocycles. The monoisotopic (exact) mass is 366 g/mol. The Morgan fingerprint density at radius 2 is 1.88 bits per heavy atom. The van der Waals surface area contributed by atoms with Crippen molar-refractivity contribution in [2.45, 2.75) is 27.7 Å². The zero-order valence-corrected chi connectivity index (χ0v) is 14.1. The highest BCUT2D eigenvalue weighted by atomic mass is 32.2. The second-order valence-corrected chi connectivity index (χ2v) is 7.88. The molecule has 0 unspecified atom stereocenters. The van der Waals surface area contributed by atoms with E-state index in [2.05, 4.69) is 4.72 Å². The Morgan fingerprint density at radius 1 is 1.17 bits per heavy atom. The normalized spacial score (nSPS) is 14.1. The summed E-state index contributed by atoms with van der Waals surface area (Å²) in [5, 5.41) is 8.57. The van der Waals surface area contributed by atoms with Crippen molar-refractivity contribution in [3.8, 4) is 11.5 Å². The summed E-state index contributed by atoms with van der Waals surface area (Å²) < 4.78 is 32.7. The number of nitrogens with one attached hydrogen (secondary N) is 2. The van der Waals surface area contributed by atoms with Crippen molar-refractivity contribution in [2.75, 3.05) is 0 Å². The first-order valence-electron chi connectivity index (χ1n) is 6.96. The van der Waals surface area contributed by atoms with Crippen molar-refractivity contribution in [3.05, 3.63) is 42.5 Å². The quantitative estimate of drug-likeness (QED) is 0.483. The van der Waals surface area contributed by atoms with Gasteiger partial charge in [-0.3, -0.25) is 10.0 Å². The maximum atomic E-state index is 12.4. The van der Waals surface area contributed by atoms with E-state index in [4.69, 9.17) is 9.94 Å². The van der Waals surface area contributed by atoms with Gasteiger partial charge in [-0.25, -0.2) is 13.9 Å². The van der Waals surface area contributed by atoms with Gasteiger partial charge in [0.1, 0.15) is 17.5 Å². The molecular formula is C15H14N2O5S2. The largest absolute Gasteiger partial charge is 0.455 e. The van der Waals surface area contributed by atoms with Crippen molar-refractivity contribution in [1.82, 2.24) is 10.2 Å². The number of carbonyl (C=O) groups excluding carboxylic acids is 1. The van der Waals surface area contributed by atoms with E-state index in [9.17, 15) is 13.2 Å². The van der Waals surface area contributed by atoms with Crippen LogP contribution in [0.4, 0.5) is 0 Å². The number of hydrogen-bond acceptors (Lipinski definition) is 6. The van der Waals surface area contributed by atoms with Gasteiger partial charge in [0.05, 0.1) is 14.7 Å². The fourth-order valence-electron chi connectivity index (χ4n) is 2.13. The van der Waals surface area contributed by atoms with Crippen LogP contribution in [0.5, 0.6) is 11.5 Å². The molecule has 1 amide bonds. The molecule has 0 spiro atoms. The van der Waals surface area contributed by atoms with Crippen LogP contribution in [0.3, 0.4) is 0 Å². The molecule has 0 fully saturated rings. The maximum Gasteiger partial charge on any atom is 0.261 e. The standard InChI is InChI=1S/C15H14N2O5S2/c1-9(15(18)16-19)17-24(20,21)10-6-7-12-14(8-10)23-13-5-3-2-4-11(13)22-12/h2-9,17,19H,1H3,(H,16,18)/t9-/m1/s1. The lowest BCUT2D eigenvalue weighted by Crippen LogP contribution is -2.43. The highest BCUT2D eigenvalue weighted by molar-refractivity contribution is 7.99. The lowest BCUT2D eigenvalue weighted by Gasteiger charge is -2.20. The van der Waals surface area contributed by atoms with Gasteiger partial charge in [-0.05, 0) is 37.3 Å². The second kappa shape index (κ2) is 6.44. The summed E-state index contributed by atoms with van der Waals surface area (Å²) >= 11 is 1.41. The van der Waals surface area contributed by atoms with E-state index in [-0.39, 0.29) is 4.90 Å². The molecule has 1 atom stereocenters. The summed E-state index contributed by atoms with van der Waals surface area (Å²) in [4.78, 5) is 12.8. The molecule has 1 aliphatic rings. The Kier molecular flexibility index (Phi) is 4.50. The summed E-state index contributed by atoms with van der Waals surface area (Å²) in [6, 6.07) is 10.8. The smallest absolute Gasteiger partial charge is 0.261 e. The van der Waals surface area contributed by atoms with Gasteiger partial charge in [0.15, 0.2) is 0 Å². The third-order valence-electron chi connectivity index (χ3n) is 3.35. The number of sulfonamides is 1. The van der Waals surface area contributed by atoms with Gasteiger partial charge in [0.25, 0.3) is 5.91 Å². The highest BCUT2D eigenvalue weighted by Crippen LogP contribution is 2.47. The Morgan fingerprint density at radius 3 is 2.62 bits per heavy atom. The van der Waals surface area contributed by atoms with Crippen LogP contribution in [-0.4, -0.2) is 25.6 Å². The first-order chi connectivity index (χ1) is 11.4. The number of rotatable bonds is 4. The zero-order chi connectivity index (χ0) is 17.3. The molecule has 24 heavy (non-hydrogen) atoms. The minimum atomic E-state index is -3.92. The lowest BCUT2D eigenvalue weighted by molar-refractivity contribution is -0.130. The summed E-state index contributed by atoms with van der Waals surface area (Å²) in [5.41, 5.74) is 1.41. The van der Waals surface area contributed by atoms with Crippen LogP contribution >= 0.6 is 11.8 Å². The SMILES string of the molecule is C[C@@H](NS(=O)(=O)c1ccc2c(c1)Sc1ccccc1O2)C(=O)NO. The number of hydrogen-bond donors (Lipinski definition) is 3. The van der Waals surface area contributed by atoms with E-state index in [1.165, 1.54) is 36.3 Å². The molecule has 0 radical (unpaired) electrons. The predicted molar refractivity (Wildman–Crippen MR) is 86.8 cm³/mol. The molecule has 0 aromatic heterocycles. The topological polar surface area (TPSA) is 105 Å². The van der Waals surface area contributed by atoms with E-state index in [1.54, 1.807) is 6.07 Å². The third kappa shape index (κ3) is 3.24. The van der Waals surface area contributed by atoms with E-state index < -0.39 is 22.0 Å². The number of hydroxylamine groups is 1. The molecule has 1 heterocycles. The number of benzene rings is 2. The third-order valence-corrected chi connectivity index (χ3v) is 5.98. The molecule has 0 aliphatic carbocycles. The molecule has 9 heteroatoms. The molecule has 1 aliphatic heterocycles. The fourth-order valence-corrected chi connectivity index (χ4v) is 4.42. The van der Waals surface area contributed by atoms with Gasteiger partial charge in [0, 0.05) is 0 Å². The molecular weight excluding hydrogens is 352 g/mol. The van der Waals surface area contributed by atoms with Crippen molar-refractivity contribution in [1.29, 1.82) is 0 Å². The molecule has 3 rings (SSSR count).